The molecule has 2 heterocycles. The van der Waals surface area contributed by atoms with Gasteiger partial charge in [-0.15, -0.1) is 0 Å². The van der Waals surface area contributed by atoms with Gasteiger partial charge in [0, 0.05) is 24.9 Å². The van der Waals surface area contributed by atoms with Crippen molar-refractivity contribution in [3.05, 3.63) is 52.2 Å². The van der Waals surface area contributed by atoms with Crippen LogP contribution in [0.4, 0.5) is 4.39 Å². The van der Waals surface area contributed by atoms with E-state index in [1.165, 1.54) is 4.57 Å². The number of alkyl halides is 1. The molecule has 0 spiro atoms. The predicted molar refractivity (Wildman–Crippen MR) is 123 cm³/mol. The Kier molecular flexibility index (Phi) is 7.74. The summed E-state index contributed by atoms with van der Waals surface area (Å²) in [6, 6.07) is 8.50. The van der Waals surface area contributed by atoms with E-state index < -0.39 is 29.7 Å². The molecule has 3 rings (SSSR count). The number of carbonyl (C=O) groups excluding carboxylic acids is 1. The number of nitrogens with one attached hydrogen (secondary N) is 1. The number of nitrogens with zero attached hydrogens (tertiary/aromatic N) is 3. The fraction of sp³-hybridized carbons (Fsp3) is 0.625. The summed E-state index contributed by atoms with van der Waals surface area (Å²) >= 11 is 0. The predicted octanol–water partition coefficient (Wildman–Crippen LogP) is 3.32. The number of aromatic nitrogens is 3. The molecule has 1 saturated heterocycles. The average Bonchev–Trinajstić information content (AvgIpc) is 3.06. The van der Waals surface area contributed by atoms with E-state index in [4.69, 9.17) is 9.47 Å². The third-order valence-electron chi connectivity index (χ3n) is 5.89. The zero-order valence-corrected chi connectivity index (χ0v) is 20.2. The molecular weight excluding hydrogens is 427 g/mol. The van der Waals surface area contributed by atoms with Crippen molar-refractivity contribution in [2.45, 2.75) is 77.6 Å². The minimum atomic E-state index is -1.75. The van der Waals surface area contributed by atoms with Gasteiger partial charge in [-0.1, -0.05) is 45.9 Å². The maximum Gasteiger partial charge on any atom is 0.348 e. The van der Waals surface area contributed by atoms with Gasteiger partial charge in [0.05, 0.1) is 12.7 Å². The van der Waals surface area contributed by atoms with Crippen molar-refractivity contribution >= 4 is 5.91 Å². The molecule has 0 bridgehead atoms. The number of carbonyl (C=O) groups is 1. The van der Waals surface area contributed by atoms with Crippen LogP contribution in [0.5, 0.6) is 0 Å². The quantitative estimate of drug-likeness (QED) is 0.650. The third-order valence-corrected chi connectivity index (χ3v) is 5.89. The molecule has 2 aromatic rings. The van der Waals surface area contributed by atoms with Gasteiger partial charge in [-0.3, -0.25) is 9.36 Å². The Morgan fingerprint density at radius 2 is 1.94 bits per heavy atom. The van der Waals surface area contributed by atoms with Gasteiger partial charge in [-0.2, -0.15) is 9.78 Å². The Balaban J connectivity index is 2.03. The normalized spacial score (nSPS) is 24.3. The van der Waals surface area contributed by atoms with Crippen LogP contribution in [0.15, 0.2) is 35.1 Å². The molecule has 0 saturated carbocycles. The van der Waals surface area contributed by atoms with E-state index in [-0.39, 0.29) is 25.0 Å². The van der Waals surface area contributed by atoms with Crippen LogP contribution in [0.3, 0.4) is 0 Å². The molecule has 9 heteroatoms. The van der Waals surface area contributed by atoms with E-state index in [9.17, 15) is 9.59 Å². The number of hydrogen-bond donors (Lipinski definition) is 1. The zero-order valence-electron chi connectivity index (χ0n) is 20.2. The molecule has 3 unspecified atom stereocenters. The molecule has 8 nitrogen and oxygen atoms in total. The van der Waals surface area contributed by atoms with Crippen LogP contribution in [-0.2, 0) is 22.2 Å². The zero-order chi connectivity index (χ0) is 24.3. The molecule has 4 atom stereocenters. The minimum absolute atomic E-state index is 0.0677. The largest absolute Gasteiger partial charge is 0.350 e. The second-order valence-corrected chi connectivity index (χ2v) is 9.52. The number of ether oxygens (including phenoxy) is 2. The van der Waals surface area contributed by atoms with E-state index >= 15 is 4.39 Å². The minimum Gasteiger partial charge on any atom is -0.350 e. The molecule has 1 aromatic heterocycles. The lowest BCUT2D eigenvalue weighted by molar-refractivity contribution is -0.233. The second-order valence-electron chi connectivity index (χ2n) is 9.52. The summed E-state index contributed by atoms with van der Waals surface area (Å²) < 4.78 is 29.8. The van der Waals surface area contributed by atoms with E-state index in [0.29, 0.717) is 17.3 Å². The summed E-state index contributed by atoms with van der Waals surface area (Å²) in [7, 11) is 1.60. The van der Waals surface area contributed by atoms with Crippen molar-refractivity contribution in [3.8, 4) is 0 Å². The average molecular weight is 463 g/mol. The molecule has 1 aromatic carbocycles. The van der Waals surface area contributed by atoms with Crippen molar-refractivity contribution in [1.29, 1.82) is 0 Å². The summed E-state index contributed by atoms with van der Waals surface area (Å²) in [4.78, 5) is 26.3. The van der Waals surface area contributed by atoms with Crippen molar-refractivity contribution in [1.82, 2.24) is 19.7 Å². The first-order chi connectivity index (χ1) is 15.5. The summed E-state index contributed by atoms with van der Waals surface area (Å²) in [6.07, 6.45) is -1.95. The first-order valence-corrected chi connectivity index (χ1v) is 11.5. The highest BCUT2D eigenvalue weighted by molar-refractivity contribution is 5.94. The molecule has 182 valence electrons. The summed E-state index contributed by atoms with van der Waals surface area (Å²) in [5.74, 6) is 0.337. The maximum atomic E-state index is 15.7. The van der Waals surface area contributed by atoms with Gasteiger partial charge < -0.3 is 14.8 Å². The second kappa shape index (κ2) is 10.2. The van der Waals surface area contributed by atoms with Gasteiger partial charge >= 0.3 is 5.69 Å². The van der Waals surface area contributed by atoms with Crippen molar-refractivity contribution < 1.29 is 18.7 Å². The monoisotopic (exact) mass is 462 g/mol. The maximum absolute atomic E-state index is 15.7. The topological polar surface area (TPSA) is 87.4 Å². The Hall–Kier alpha value is -2.52. The number of amides is 1. The van der Waals surface area contributed by atoms with E-state index in [0.717, 1.165) is 11.1 Å². The first kappa shape index (κ1) is 25.1. The van der Waals surface area contributed by atoms with Gasteiger partial charge in [-0.05, 0) is 31.4 Å². The molecule has 1 aliphatic rings. The van der Waals surface area contributed by atoms with Gasteiger partial charge in [0.15, 0.2) is 18.1 Å². The van der Waals surface area contributed by atoms with E-state index in [2.05, 4.69) is 24.3 Å². The van der Waals surface area contributed by atoms with Gasteiger partial charge in [-0.25, -0.2) is 9.18 Å². The summed E-state index contributed by atoms with van der Waals surface area (Å²) in [6.45, 7) is 9.57. The van der Waals surface area contributed by atoms with Gasteiger partial charge in [0.25, 0.3) is 5.91 Å². The third kappa shape index (κ3) is 5.35. The first-order valence-electron chi connectivity index (χ1n) is 11.5. The highest BCUT2D eigenvalue weighted by atomic mass is 19.1. The highest BCUT2D eigenvalue weighted by Gasteiger charge is 2.51. The number of hydrogen-bond acceptors (Lipinski definition) is 5. The summed E-state index contributed by atoms with van der Waals surface area (Å²) in [5, 5.41) is 7.26. The Morgan fingerprint density at radius 1 is 1.27 bits per heavy atom. The Bertz CT molecular complexity index is 1000. The van der Waals surface area contributed by atoms with Gasteiger partial charge in [0.1, 0.15) is 5.82 Å². The molecule has 1 aliphatic heterocycles. The van der Waals surface area contributed by atoms with Crippen molar-refractivity contribution in [2.75, 3.05) is 6.61 Å². The van der Waals surface area contributed by atoms with Crippen LogP contribution in [0.1, 0.15) is 69.6 Å². The molecule has 33 heavy (non-hydrogen) atoms. The number of halogens is 1. The van der Waals surface area contributed by atoms with Crippen LogP contribution in [0.2, 0.25) is 0 Å². The van der Waals surface area contributed by atoms with Crippen LogP contribution < -0.4 is 11.0 Å². The van der Waals surface area contributed by atoms with Crippen LogP contribution in [-0.4, -0.2) is 45.4 Å². The molecule has 1 N–H and O–H groups in total. The summed E-state index contributed by atoms with van der Waals surface area (Å²) in [5.41, 5.74) is -1.91. The van der Waals surface area contributed by atoms with Crippen molar-refractivity contribution in [3.63, 3.8) is 0 Å². The fourth-order valence-corrected chi connectivity index (χ4v) is 4.31. The van der Waals surface area contributed by atoms with Gasteiger partial charge in [0.2, 0.25) is 0 Å². The molecule has 0 aliphatic carbocycles. The highest BCUT2D eigenvalue weighted by Crippen LogP contribution is 2.33. The lowest BCUT2D eigenvalue weighted by Crippen LogP contribution is -2.65. The molecule has 1 amide bonds. The molecule has 1 fully saturated rings. The number of rotatable bonds is 8. The standard InChI is InChI=1S/C24H35FN4O4/c1-15(2)12-17(5)33-20-13-24(19(25)14-32-20,26-22(30)18-10-8-7-9-11-18)29-23(31)28(6)21(27-29)16(3)4/h7-11,15-17,19-20H,12-14H2,1-6H3,(H,26,30)/t17-,19?,20?,24?/m0/s1. The Labute approximate surface area is 194 Å². The van der Waals surface area contributed by atoms with Crippen LogP contribution >= 0.6 is 0 Å². The molecule has 0 radical (unpaired) electrons. The Morgan fingerprint density at radius 3 is 2.52 bits per heavy atom. The SMILES string of the molecule is CC(C)C[C@H](C)OC1CC(NC(=O)c2ccccc2)(n2nc(C(C)C)n(C)c2=O)C(F)CO1. The van der Waals surface area contributed by atoms with E-state index in [1.807, 2.05) is 20.8 Å². The number of benzene rings is 1. The fourth-order valence-electron chi connectivity index (χ4n) is 4.31. The van der Waals surface area contributed by atoms with E-state index in [1.54, 1.807) is 37.4 Å². The lowest BCUT2D eigenvalue weighted by Gasteiger charge is -2.43. The molecular formula is C24H35FN4O4. The van der Waals surface area contributed by atoms with Crippen molar-refractivity contribution in [2.24, 2.45) is 13.0 Å². The van der Waals surface area contributed by atoms with Crippen LogP contribution in [0.25, 0.3) is 0 Å². The smallest absolute Gasteiger partial charge is 0.348 e. The van der Waals surface area contributed by atoms with Crippen LogP contribution in [0, 0.1) is 5.92 Å². The lowest BCUT2D eigenvalue weighted by atomic mass is 9.96.